The number of rotatable bonds is 3. The molecular formula is C12H15NO4. The summed E-state index contributed by atoms with van der Waals surface area (Å²) in [4.78, 5) is 11.2. The minimum absolute atomic E-state index is 0.0354. The Bertz CT molecular complexity index is 470. The Morgan fingerprint density at radius 2 is 2.12 bits per heavy atom. The zero-order valence-electron chi connectivity index (χ0n) is 9.82. The normalized spacial score (nSPS) is 14.8. The molecule has 0 saturated carbocycles. The first-order valence-corrected chi connectivity index (χ1v) is 5.38. The molecule has 2 rings (SSSR count). The highest BCUT2D eigenvalue weighted by Crippen LogP contribution is 2.43. The van der Waals surface area contributed by atoms with E-state index >= 15 is 0 Å². The fourth-order valence-electron chi connectivity index (χ4n) is 1.98. The predicted molar refractivity (Wildman–Crippen MR) is 61.5 cm³/mol. The molecule has 1 atom stereocenters. The Kier molecular flexibility index (Phi) is 2.93. The Hall–Kier alpha value is -1.75. The summed E-state index contributed by atoms with van der Waals surface area (Å²) in [7, 11) is 0. The van der Waals surface area contributed by atoms with Gasteiger partial charge in [-0.25, -0.2) is 0 Å². The molecule has 5 nitrogen and oxygen atoms in total. The molecular weight excluding hydrogens is 222 g/mol. The zero-order chi connectivity index (χ0) is 12.6. The number of fused-ring (bicyclic) bond motifs is 1. The van der Waals surface area contributed by atoms with Crippen molar-refractivity contribution >= 4 is 5.97 Å². The molecule has 1 aromatic carbocycles. The number of carboxylic acid groups (broad SMARTS) is 1. The molecule has 0 bridgehead atoms. The molecule has 1 aromatic rings. The zero-order valence-corrected chi connectivity index (χ0v) is 9.82. The van der Waals surface area contributed by atoms with Gasteiger partial charge in [-0.1, -0.05) is 6.07 Å². The first-order chi connectivity index (χ1) is 8.06. The van der Waals surface area contributed by atoms with Crippen LogP contribution in [0.15, 0.2) is 6.07 Å². The van der Waals surface area contributed by atoms with Crippen LogP contribution in [0.2, 0.25) is 0 Å². The van der Waals surface area contributed by atoms with Gasteiger partial charge in [-0.2, -0.15) is 0 Å². The van der Waals surface area contributed by atoms with Crippen molar-refractivity contribution < 1.29 is 19.4 Å². The monoisotopic (exact) mass is 237 g/mol. The second kappa shape index (κ2) is 4.25. The smallest absolute Gasteiger partial charge is 0.312 e. The van der Waals surface area contributed by atoms with E-state index in [1.54, 1.807) is 0 Å². The van der Waals surface area contributed by atoms with Gasteiger partial charge < -0.3 is 20.3 Å². The third-order valence-electron chi connectivity index (χ3n) is 3.09. The van der Waals surface area contributed by atoms with Gasteiger partial charge in [0.1, 0.15) is 0 Å². The Balaban J connectivity index is 2.59. The largest absolute Gasteiger partial charge is 0.481 e. The molecule has 1 unspecified atom stereocenters. The molecule has 0 radical (unpaired) electrons. The first-order valence-electron chi connectivity index (χ1n) is 5.38. The average Bonchev–Trinajstić information content (AvgIpc) is 2.74. The van der Waals surface area contributed by atoms with E-state index in [2.05, 4.69) is 0 Å². The van der Waals surface area contributed by atoms with Crippen molar-refractivity contribution in [3.63, 3.8) is 0 Å². The van der Waals surface area contributed by atoms with Crippen LogP contribution in [-0.4, -0.2) is 24.4 Å². The lowest BCUT2D eigenvalue weighted by Gasteiger charge is -2.15. The lowest BCUT2D eigenvalue weighted by Crippen LogP contribution is -2.21. The van der Waals surface area contributed by atoms with E-state index in [0.29, 0.717) is 17.1 Å². The quantitative estimate of drug-likeness (QED) is 0.824. The van der Waals surface area contributed by atoms with Crippen molar-refractivity contribution in [2.24, 2.45) is 5.73 Å². The molecule has 3 N–H and O–H groups in total. The van der Waals surface area contributed by atoms with Gasteiger partial charge in [0.15, 0.2) is 11.5 Å². The van der Waals surface area contributed by atoms with E-state index in [1.165, 1.54) is 0 Å². The maximum absolute atomic E-state index is 11.2. The van der Waals surface area contributed by atoms with E-state index in [1.807, 2.05) is 19.9 Å². The van der Waals surface area contributed by atoms with Gasteiger partial charge in [-0.3, -0.25) is 4.79 Å². The van der Waals surface area contributed by atoms with Crippen molar-refractivity contribution in [2.45, 2.75) is 19.8 Å². The number of ether oxygens (including phenoxy) is 2. The lowest BCUT2D eigenvalue weighted by molar-refractivity contribution is -0.138. The van der Waals surface area contributed by atoms with Crippen molar-refractivity contribution in [2.75, 3.05) is 13.3 Å². The van der Waals surface area contributed by atoms with Gasteiger partial charge in [-0.15, -0.1) is 0 Å². The Morgan fingerprint density at radius 1 is 1.47 bits per heavy atom. The van der Waals surface area contributed by atoms with Crippen LogP contribution >= 0.6 is 0 Å². The highest BCUT2D eigenvalue weighted by Gasteiger charge is 2.29. The Morgan fingerprint density at radius 3 is 2.71 bits per heavy atom. The summed E-state index contributed by atoms with van der Waals surface area (Å²) < 4.78 is 10.7. The van der Waals surface area contributed by atoms with Gasteiger partial charge in [0.25, 0.3) is 0 Å². The van der Waals surface area contributed by atoms with Crippen LogP contribution in [0.25, 0.3) is 0 Å². The molecule has 17 heavy (non-hydrogen) atoms. The third-order valence-corrected chi connectivity index (χ3v) is 3.09. The van der Waals surface area contributed by atoms with Crippen molar-refractivity contribution in [1.82, 2.24) is 0 Å². The topological polar surface area (TPSA) is 81.8 Å². The number of hydrogen-bond donors (Lipinski definition) is 2. The van der Waals surface area contributed by atoms with Gasteiger partial charge in [0.2, 0.25) is 6.79 Å². The summed E-state index contributed by atoms with van der Waals surface area (Å²) in [5.41, 5.74) is 8.05. The molecule has 0 fully saturated rings. The minimum atomic E-state index is -0.951. The molecule has 5 heteroatoms. The molecule has 0 amide bonds. The van der Waals surface area contributed by atoms with Crippen LogP contribution in [0, 0.1) is 13.8 Å². The lowest BCUT2D eigenvalue weighted by atomic mass is 9.94. The van der Waals surface area contributed by atoms with Crippen molar-refractivity contribution in [1.29, 1.82) is 0 Å². The Labute approximate surface area is 99.1 Å². The van der Waals surface area contributed by atoms with Gasteiger partial charge >= 0.3 is 5.97 Å². The van der Waals surface area contributed by atoms with E-state index in [-0.39, 0.29) is 13.3 Å². The van der Waals surface area contributed by atoms with Gasteiger partial charge in [-0.05, 0) is 25.0 Å². The highest BCUT2D eigenvalue weighted by atomic mass is 16.7. The van der Waals surface area contributed by atoms with Gasteiger partial charge in [0.05, 0.1) is 5.92 Å². The van der Waals surface area contributed by atoms with Gasteiger partial charge in [0, 0.05) is 12.1 Å². The van der Waals surface area contributed by atoms with Crippen LogP contribution < -0.4 is 15.2 Å². The summed E-state index contributed by atoms with van der Waals surface area (Å²) in [6.45, 7) is 4.00. The fraction of sp³-hybridized carbons (Fsp3) is 0.417. The number of hydrogen-bond acceptors (Lipinski definition) is 4. The highest BCUT2D eigenvalue weighted by molar-refractivity contribution is 5.79. The summed E-state index contributed by atoms with van der Waals surface area (Å²) in [5.74, 6) is -0.552. The molecule has 0 aromatic heterocycles. The molecule has 92 valence electrons. The van der Waals surface area contributed by atoms with Crippen LogP contribution in [0.5, 0.6) is 11.5 Å². The number of aliphatic carboxylic acids is 1. The summed E-state index contributed by atoms with van der Waals surface area (Å²) in [6, 6.07) is 1.81. The number of benzene rings is 1. The molecule has 0 spiro atoms. The SMILES string of the molecule is Cc1cc(C(CN)C(=O)O)c2c(c1C)OCO2. The first kappa shape index (κ1) is 11.7. The van der Waals surface area contributed by atoms with E-state index in [4.69, 9.17) is 20.3 Å². The van der Waals surface area contributed by atoms with Crippen LogP contribution in [0.1, 0.15) is 22.6 Å². The number of aryl methyl sites for hydroxylation is 1. The summed E-state index contributed by atoms with van der Waals surface area (Å²) in [5, 5.41) is 9.14. The average molecular weight is 237 g/mol. The summed E-state index contributed by atoms with van der Waals surface area (Å²) in [6.07, 6.45) is 0. The molecule has 0 saturated heterocycles. The molecule has 1 heterocycles. The third kappa shape index (κ3) is 1.82. The fourth-order valence-corrected chi connectivity index (χ4v) is 1.98. The second-order valence-electron chi connectivity index (χ2n) is 4.10. The maximum Gasteiger partial charge on any atom is 0.312 e. The van der Waals surface area contributed by atoms with Crippen LogP contribution in [0.3, 0.4) is 0 Å². The van der Waals surface area contributed by atoms with Crippen LogP contribution in [-0.2, 0) is 4.79 Å². The van der Waals surface area contributed by atoms with E-state index in [0.717, 1.165) is 11.1 Å². The molecule has 1 aliphatic heterocycles. The maximum atomic E-state index is 11.2. The van der Waals surface area contributed by atoms with E-state index < -0.39 is 11.9 Å². The summed E-state index contributed by atoms with van der Waals surface area (Å²) >= 11 is 0. The van der Waals surface area contributed by atoms with Crippen LogP contribution in [0.4, 0.5) is 0 Å². The predicted octanol–water partition coefficient (Wildman–Crippen LogP) is 1.16. The molecule has 0 aliphatic carbocycles. The number of carbonyl (C=O) groups is 1. The molecule has 1 aliphatic rings. The van der Waals surface area contributed by atoms with Crippen molar-refractivity contribution in [3.8, 4) is 11.5 Å². The number of carboxylic acids is 1. The second-order valence-corrected chi connectivity index (χ2v) is 4.10. The number of nitrogens with two attached hydrogens (primary N) is 1. The standard InChI is InChI=1S/C12H15NO4/c1-6-3-8(9(4-13)12(14)15)11-10(7(6)2)16-5-17-11/h3,9H,4-5,13H2,1-2H3,(H,14,15). The van der Waals surface area contributed by atoms with E-state index in [9.17, 15) is 4.79 Å². The van der Waals surface area contributed by atoms with Crippen molar-refractivity contribution in [3.05, 3.63) is 22.8 Å². The minimum Gasteiger partial charge on any atom is -0.481 e.